The van der Waals surface area contributed by atoms with E-state index in [2.05, 4.69) is 21.7 Å². The van der Waals surface area contributed by atoms with Crippen LogP contribution in [0.1, 0.15) is 33.1 Å². The molecule has 0 saturated heterocycles. The molecule has 0 spiro atoms. The first-order valence-electron chi connectivity index (χ1n) is 9.47. The van der Waals surface area contributed by atoms with Crippen molar-refractivity contribution in [2.45, 2.75) is 13.0 Å². The van der Waals surface area contributed by atoms with Gasteiger partial charge in [0.1, 0.15) is 5.82 Å². The molecule has 1 amide bonds. The second kappa shape index (κ2) is 7.80. The van der Waals surface area contributed by atoms with Gasteiger partial charge < -0.3 is 15.6 Å². The molecular weight excluding hydrogens is 365 g/mol. The number of aryl methyl sites for hydroxylation is 1. The highest BCUT2D eigenvalue weighted by molar-refractivity contribution is 5.94. The smallest absolute Gasteiger partial charge is 0.251 e. The van der Waals surface area contributed by atoms with Crippen molar-refractivity contribution in [1.82, 2.24) is 10.3 Å². The summed E-state index contributed by atoms with van der Waals surface area (Å²) >= 11 is 0. The molecule has 5 heteroatoms. The first kappa shape index (κ1) is 18.7. The van der Waals surface area contributed by atoms with Crippen LogP contribution in [0.2, 0.25) is 0 Å². The molecule has 29 heavy (non-hydrogen) atoms. The maximum Gasteiger partial charge on any atom is 0.251 e. The van der Waals surface area contributed by atoms with Crippen LogP contribution in [0.5, 0.6) is 0 Å². The van der Waals surface area contributed by atoms with E-state index in [1.807, 2.05) is 43.5 Å². The van der Waals surface area contributed by atoms with Crippen LogP contribution in [0, 0.1) is 12.7 Å². The molecule has 4 nitrogen and oxygen atoms in total. The Kier molecular flexibility index (Phi) is 5.04. The maximum absolute atomic E-state index is 13.9. The summed E-state index contributed by atoms with van der Waals surface area (Å²) in [5.41, 5.74) is 5.35. The zero-order valence-electron chi connectivity index (χ0n) is 16.3. The van der Waals surface area contributed by atoms with Gasteiger partial charge in [0.15, 0.2) is 0 Å². The summed E-state index contributed by atoms with van der Waals surface area (Å²) in [5, 5.41) is 7.23. The molecule has 4 aromatic rings. The third-order valence-electron chi connectivity index (χ3n) is 5.16. The Balaban J connectivity index is 1.80. The maximum atomic E-state index is 13.9. The molecule has 3 aromatic carbocycles. The summed E-state index contributed by atoms with van der Waals surface area (Å²) in [6, 6.07) is 20.0. The van der Waals surface area contributed by atoms with Gasteiger partial charge in [-0.15, -0.1) is 0 Å². The first-order chi connectivity index (χ1) is 14.1. The average molecular weight is 387 g/mol. The molecule has 0 fully saturated rings. The molecule has 0 aliphatic rings. The van der Waals surface area contributed by atoms with Crippen molar-refractivity contribution in [2.75, 3.05) is 12.4 Å². The van der Waals surface area contributed by atoms with E-state index in [1.165, 1.54) is 12.1 Å². The van der Waals surface area contributed by atoms with Crippen LogP contribution in [0.25, 0.3) is 10.9 Å². The van der Waals surface area contributed by atoms with Crippen LogP contribution >= 0.6 is 0 Å². The number of para-hydroxylation sites is 1. The van der Waals surface area contributed by atoms with E-state index in [4.69, 9.17) is 0 Å². The second-order valence-corrected chi connectivity index (χ2v) is 7.03. The van der Waals surface area contributed by atoms with Crippen molar-refractivity contribution in [2.24, 2.45) is 0 Å². The molecule has 3 N–H and O–H groups in total. The third-order valence-corrected chi connectivity index (χ3v) is 5.16. The number of benzene rings is 3. The predicted molar refractivity (Wildman–Crippen MR) is 115 cm³/mol. The number of anilines is 1. The third kappa shape index (κ3) is 3.72. The topological polar surface area (TPSA) is 56.9 Å². The van der Waals surface area contributed by atoms with Gasteiger partial charge in [-0.25, -0.2) is 4.39 Å². The minimum Gasteiger partial charge on any atom is -0.374 e. The number of hydrogen-bond donors (Lipinski definition) is 3. The molecule has 0 aliphatic carbocycles. The summed E-state index contributed by atoms with van der Waals surface area (Å²) < 4.78 is 13.9. The Bertz CT molecular complexity index is 1160. The largest absolute Gasteiger partial charge is 0.374 e. The number of hydrogen-bond acceptors (Lipinski definition) is 2. The van der Waals surface area contributed by atoms with Crippen LogP contribution in [-0.2, 0) is 0 Å². The molecule has 1 unspecified atom stereocenters. The number of aromatic amines is 1. The van der Waals surface area contributed by atoms with Crippen LogP contribution in [-0.4, -0.2) is 17.9 Å². The van der Waals surface area contributed by atoms with Gasteiger partial charge in [-0.05, 0) is 48.4 Å². The normalized spacial score (nSPS) is 12.0. The SMILES string of the molecule is CNC(=O)c1ccc(C(Nc2cc(F)ccc2C)c2c[nH]c3ccccc23)cc1. The number of amides is 1. The monoisotopic (exact) mass is 387 g/mol. The molecule has 0 aliphatic heterocycles. The van der Waals surface area contributed by atoms with E-state index in [1.54, 1.807) is 25.2 Å². The van der Waals surface area contributed by atoms with E-state index < -0.39 is 0 Å². The zero-order chi connectivity index (χ0) is 20.4. The fraction of sp³-hybridized carbons (Fsp3) is 0.125. The lowest BCUT2D eigenvalue weighted by molar-refractivity contribution is 0.0963. The van der Waals surface area contributed by atoms with E-state index in [0.717, 1.165) is 33.3 Å². The van der Waals surface area contributed by atoms with Gasteiger partial charge in [0.05, 0.1) is 6.04 Å². The summed E-state index contributed by atoms with van der Waals surface area (Å²) in [6.45, 7) is 1.95. The number of rotatable bonds is 5. The number of nitrogens with one attached hydrogen (secondary N) is 3. The Labute approximate surface area is 168 Å². The molecule has 1 aromatic heterocycles. The number of halogens is 1. The van der Waals surface area contributed by atoms with Gasteiger partial charge in [-0.3, -0.25) is 4.79 Å². The van der Waals surface area contributed by atoms with Gasteiger partial charge in [-0.2, -0.15) is 0 Å². The highest BCUT2D eigenvalue weighted by Gasteiger charge is 2.19. The lowest BCUT2D eigenvalue weighted by Crippen LogP contribution is -2.18. The Morgan fingerprint density at radius 1 is 1.03 bits per heavy atom. The van der Waals surface area contributed by atoms with Gasteiger partial charge in [0, 0.05) is 41.0 Å². The molecule has 146 valence electrons. The van der Waals surface area contributed by atoms with E-state index in [0.29, 0.717) is 5.56 Å². The van der Waals surface area contributed by atoms with E-state index >= 15 is 0 Å². The van der Waals surface area contributed by atoms with Crippen molar-refractivity contribution in [1.29, 1.82) is 0 Å². The van der Waals surface area contributed by atoms with Crippen molar-refractivity contribution in [3.8, 4) is 0 Å². The van der Waals surface area contributed by atoms with E-state index in [-0.39, 0.29) is 17.8 Å². The van der Waals surface area contributed by atoms with Gasteiger partial charge in [0.2, 0.25) is 0 Å². The number of carbonyl (C=O) groups excluding carboxylic acids is 1. The van der Waals surface area contributed by atoms with Crippen LogP contribution in [0.4, 0.5) is 10.1 Å². The van der Waals surface area contributed by atoms with Crippen LogP contribution in [0.15, 0.2) is 72.9 Å². The van der Waals surface area contributed by atoms with E-state index in [9.17, 15) is 9.18 Å². The Hall–Kier alpha value is -3.60. The average Bonchev–Trinajstić information content (AvgIpc) is 3.18. The van der Waals surface area contributed by atoms with Crippen molar-refractivity contribution >= 4 is 22.5 Å². The van der Waals surface area contributed by atoms with Crippen molar-refractivity contribution in [3.05, 3.63) is 101 Å². The van der Waals surface area contributed by atoms with Gasteiger partial charge in [0.25, 0.3) is 5.91 Å². The Morgan fingerprint density at radius 2 is 1.79 bits per heavy atom. The highest BCUT2D eigenvalue weighted by Crippen LogP contribution is 2.33. The molecule has 0 bridgehead atoms. The minimum absolute atomic E-state index is 0.130. The van der Waals surface area contributed by atoms with Gasteiger partial charge >= 0.3 is 0 Å². The number of aromatic nitrogens is 1. The van der Waals surface area contributed by atoms with Crippen LogP contribution in [0.3, 0.4) is 0 Å². The molecule has 1 atom stereocenters. The summed E-state index contributed by atoms with van der Waals surface area (Å²) in [7, 11) is 1.61. The number of fused-ring (bicyclic) bond motifs is 1. The summed E-state index contributed by atoms with van der Waals surface area (Å²) in [5.74, 6) is -0.417. The lowest BCUT2D eigenvalue weighted by atomic mass is 9.96. The molecule has 0 saturated carbocycles. The predicted octanol–water partition coefficient (Wildman–Crippen LogP) is 5.18. The molecule has 1 heterocycles. The van der Waals surface area contributed by atoms with Crippen LogP contribution < -0.4 is 10.6 Å². The van der Waals surface area contributed by atoms with Crippen molar-refractivity contribution in [3.63, 3.8) is 0 Å². The highest BCUT2D eigenvalue weighted by atomic mass is 19.1. The summed E-state index contributed by atoms with van der Waals surface area (Å²) in [6.07, 6.45) is 1.98. The lowest BCUT2D eigenvalue weighted by Gasteiger charge is -2.22. The fourth-order valence-corrected chi connectivity index (χ4v) is 3.55. The first-order valence-corrected chi connectivity index (χ1v) is 9.47. The van der Waals surface area contributed by atoms with Gasteiger partial charge in [-0.1, -0.05) is 36.4 Å². The van der Waals surface area contributed by atoms with Crippen molar-refractivity contribution < 1.29 is 9.18 Å². The standard InChI is InChI=1S/C24H22FN3O/c1-15-7-12-18(25)13-22(15)28-23(16-8-10-17(11-9-16)24(29)26-2)20-14-27-21-6-4-3-5-19(20)21/h3-14,23,27-28H,1-2H3,(H,26,29). The molecule has 4 rings (SSSR count). The fourth-order valence-electron chi connectivity index (χ4n) is 3.55. The zero-order valence-corrected chi connectivity index (χ0v) is 16.3. The summed E-state index contributed by atoms with van der Waals surface area (Å²) in [4.78, 5) is 15.2. The second-order valence-electron chi connectivity index (χ2n) is 7.03. The molecular formula is C24H22FN3O. The quantitative estimate of drug-likeness (QED) is 0.442. The molecule has 0 radical (unpaired) electrons. The number of carbonyl (C=O) groups is 1. The Morgan fingerprint density at radius 3 is 2.55 bits per heavy atom. The minimum atomic E-state index is -0.286. The number of H-pyrrole nitrogens is 1.